The SMILES string of the molecule is Cc1cccc(C(C)C)c1NC(=O)CN(Cc1ccncc1)S(C)(=O)=O. The second-order valence-electron chi connectivity index (χ2n) is 6.63. The van der Waals surface area contributed by atoms with Gasteiger partial charge in [-0.15, -0.1) is 0 Å². The van der Waals surface area contributed by atoms with Crippen LogP contribution in [0.2, 0.25) is 0 Å². The van der Waals surface area contributed by atoms with Gasteiger partial charge in [0.25, 0.3) is 0 Å². The van der Waals surface area contributed by atoms with Crippen molar-refractivity contribution in [2.75, 3.05) is 18.1 Å². The van der Waals surface area contributed by atoms with Crippen molar-refractivity contribution < 1.29 is 13.2 Å². The third-order valence-corrected chi connectivity index (χ3v) is 5.28. The van der Waals surface area contributed by atoms with Crippen molar-refractivity contribution in [1.29, 1.82) is 0 Å². The fourth-order valence-corrected chi connectivity index (χ4v) is 3.40. The second-order valence-corrected chi connectivity index (χ2v) is 8.61. The number of carbonyl (C=O) groups is 1. The first kappa shape index (κ1) is 20.1. The summed E-state index contributed by atoms with van der Waals surface area (Å²) in [5.74, 6) is -0.117. The Morgan fingerprint density at radius 2 is 1.85 bits per heavy atom. The summed E-state index contributed by atoms with van der Waals surface area (Å²) in [7, 11) is -3.53. The van der Waals surface area contributed by atoms with Gasteiger partial charge in [0.05, 0.1) is 12.8 Å². The van der Waals surface area contributed by atoms with Gasteiger partial charge in [0, 0.05) is 24.6 Å². The molecule has 1 N–H and O–H groups in total. The highest BCUT2D eigenvalue weighted by Crippen LogP contribution is 2.27. The number of anilines is 1. The quantitative estimate of drug-likeness (QED) is 0.807. The van der Waals surface area contributed by atoms with Gasteiger partial charge < -0.3 is 5.32 Å². The smallest absolute Gasteiger partial charge is 0.239 e. The van der Waals surface area contributed by atoms with E-state index in [1.54, 1.807) is 24.5 Å². The maximum atomic E-state index is 12.6. The lowest BCUT2D eigenvalue weighted by molar-refractivity contribution is -0.116. The third-order valence-electron chi connectivity index (χ3n) is 4.09. The van der Waals surface area contributed by atoms with Crippen LogP contribution in [0.1, 0.15) is 36.5 Å². The van der Waals surface area contributed by atoms with E-state index in [1.807, 2.05) is 25.1 Å². The minimum absolute atomic E-state index is 0.125. The van der Waals surface area contributed by atoms with E-state index in [-0.39, 0.29) is 24.9 Å². The molecule has 0 saturated carbocycles. The summed E-state index contributed by atoms with van der Waals surface area (Å²) < 4.78 is 25.3. The van der Waals surface area contributed by atoms with Gasteiger partial charge in [-0.05, 0) is 41.7 Å². The summed E-state index contributed by atoms with van der Waals surface area (Å²) in [5, 5.41) is 2.89. The van der Waals surface area contributed by atoms with Crippen LogP contribution >= 0.6 is 0 Å². The molecule has 1 aromatic heterocycles. The Morgan fingerprint density at radius 1 is 1.19 bits per heavy atom. The van der Waals surface area contributed by atoms with Crippen molar-refractivity contribution in [2.24, 2.45) is 0 Å². The lowest BCUT2D eigenvalue weighted by Crippen LogP contribution is -2.37. The maximum Gasteiger partial charge on any atom is 0.239 e. The number of pyridine rings is 1. The molecule has 0 aliphatic heterocycles. The van der Waals surface area contributed by atoms with Crippen molar-refractivity contribution in [3.63, 3.8) is 0 Å². The topological polar surface area (TPSA) is 79.4 Å². The largest absolute Gasteiger partial charge is 0.324 e. The van der Waals surface area contributed by atoms with E-state index in [4.69, 9.17) is 0 Å². The fourth-order valence-electron chi connectivity index (χ4n) is 2.66. The average Bonchev–Trinajstić information content (AvgIpc) is 2.56. The van der Waals surface area contributed by atoms with Crippen molar-refractivity contribution in [2.45, 2.75) is 33.2 Å². The molecular formula is C19H25N3O3S. The number of benzene rings is 1. The molecule has 0 aliphatic carbocycles. The molecule has 0 bridgehead atoms. The first-order valence-corrected chi connectivity index (χ1v) is 10.3. The second kappa shape index (κ2) is 8.42. The molecule has 6 nitrogen and oxygen atoms in total. The van der Waals surface area contributed by atoms with Gasteiger partial charge in [0.15, 0.2) is 0 Å². The Bertz CT molecular complexity index is 865. The third kappa shape index (κ3) is 5.37. The predicted octanol–water partition coefficient (Wildman–Crippen LogP) is 2.91. The Hall–Kier alpha value is -2.25. The number of carbonyl (C=O) groups excluding carboxylic acids is 1. The van der Waals surface area contributed by atoms with Crippen LogP contribution in [0.15, 0.2) is 42.7 Å². The lowest BCUT2D eigenvalue weighted by Gasteiger charge is -2.21. The fraction of sp³-hybridized carbons (Fsp3) is 0.368. The van der Waals surface area contributed by atoms with Gasteiger partial charge in [0.2, 0.25) is 15.9 Å². The Kier molecular flexibility index (Phi) is 6.50. The molecule has 140 valence electrons. The molecule has 0 atom stereocenters. The molecule has 2 aromatic rings. The zero-order chi connectivity index (χ0) is 19.3. The van der Waals surface area contributed by atoms with Gasteiger partial charge in [-0.2, -0.15) is 4.31 Å². The minimum atomic E-state index is -3.53. The highest BCUT2D eigenvalue weighted by atomic mass is 32.2. The Morgan fingerprint density at radius 3 is 2.42 bits per heavy atom. The summed E-state index contributed by atoms with van der Waals surface area (Å²) >= 11 is 0. The van der Waals surface area contributed by atoms with Crippen LogP contribution in [0.5, 0.6) is 0 Å². The maximum absolute atomic E-state index is 12.6. The van der Waals surface area contributed by atoms with E-state index in [2.05, 4.69) is 24.1 Å². The van der Waals surface area contributed by atoms with Gasteiger partial charge in [0.1, 0.15) is 0 Å². The lowest BCUT2D eigenvalue weighted by atomic mass is 9.98. The number of amides is 1. The van der Waals surface area contributed by atoms with Crippen molar-refractivity contribution in [1.82, 2.24) is 9.29 Å². The van der Waals surface area contributed by atoms with E-state index < -0.39 is 10.0 Å². The summed E-state index contributed by atoms with van der Waals surface area (Å²) in [6, 6.07) is 9.31. The molecule has 0 radical (unpaired) electrons. The molecule has 1 amide bonds. The number of rotatable bonds is 7. The summed E-state index contributed by atoms with van der Waals surface area (Å²) in [4.78, 5) is 16.5. The zero-order valence-electron chi connectivity index (χ0n) is 15.6. The van der Waals surface area contributed by atoms with E-state index in [0.29, 0.717) is 0 Å². The number of aromatic nitrogens is 1. The molecular weight excluding hydrogens is 350 g/mol. The van der Waals surface area contributed by atoms with Crippen LogP contribution in [0.4, 0.5) is 5.69 Å². The van der Waals surface area contributed by atoms with E-state index >= 15 is 0 Å². The standard InChI is InChI=1S/C19H25N3O3S/c1-14(2)17-7-5-6-15(3)19(17)21-18(23)13-22(26(4,24)25)12-16-8-10-20-11-9-16/h5-11,14H,12-13H2,1-4H3,(H,21,23). The Labute approximate surface area is 155 Å². The van der Waals surface area contributed by atoms with Crippen LogP contribution in [0.25, 0.3) is 0 Å². The molecule has 0 saturated heterocycles. The van der Waals surface area contributed by atoms with Gasteiger partial charge in [-0.3, -0.25) is 9.78 Å². The first-order valence-electron chi connectivity index (χ1n) is 8.42. The number of para-hydroxylation sites is 1. The normalized spacial score (nSPS) is 11.8. The predicted molar refractivity (Wildman–Crippen MR) is 103 cm³/mol. The van der Waals surface area contributed by atoms with Gasteiger partial charge in [-0.1, -0.05) is 32.0 Å². The number of nitrogens with zero attached hydrogens (tertiary/aromatic N) is 2. The summed E-state index contributed by atoms with van der Waals surface area (Å²) in [6.45, 7) is 5.91. The summed E-state index contributed by atoms with van der Waals surface area (Å²) in [6.07, 6.45) is 4.30. The van der Waals surface area contributed by atoms with Crippen molar-refractivity contribution >= 4 is 21.6 Å². The number of sulfonamides is 1. The zero-order valence-corrected chi connectivity index (χ0v) is 16.4. The highest BCUT2D eigenvalue weighted by molar-refractivity contribution is 7.88. The van der Waals surface area contributed by atoms with E-state index in [0.717, 1.165) is 32.9 Å². The number of hydrogen-bond acceptors (Lipinski definition) is 4. The molecule has 1 aromatic carbocycles. The molecule has 0 fully saturated rings. The van der Waals surface area contributed by atoms with Gasteiger partial charge in [-0.25, -0.2) is 8.42 Å². The van der Waals surface area contributed by atoms with Crippen LogP contribution in [0.3, 0.4) is 0 Å². The van der Waals surface area contributed by atoms with Gasteiger partial charge >= 0.3 is 0 Å². The minimum Gasteiger partial charge on any atom is -0.324 e. The molecule has 1 heterocycles. The molecule has 7 heteroatoms. The molecule has 26 heavy (non-hydrogen) atoms. The highest BCUT2D eigenvalue weighted by Gasteiger charge is 2.21. The monoisotopic (exact) mass is 375 g/mol. The first-order chi connectivity index (χ1) is 12.2. The van der Waals surface area contributed by atoms with Crippen molar-refractivity contribution in [3.8, 4) is 0 Å². The Balaban J connectivity index is 2.19. The van der Waals surface area contributed by atoms with Crippen LogP contribution < -0.4 is 5.32 Å². The van der Waals surface area contributed by atoms with Crippen LogP contribution in [-0.2, 0) is 21.4 Å². The molecule has 0 unspecified atom stereocenters. The van der Waals surface area contributed by atoms with E-state index in [1.165, 1.54) is 0 Å². The molecule has 0 aliphatic rings. The number of aryl methyl sites for hydroxylation is 1. The number of hydrogen-bond donors (Lipinski definition) is 1. The average molecular weight is 375 g/mol. The van der Waals surface area contributed by atoms with Crippen molar-refractivity contribution in [3.05, 3.63) is 59.4 Å². The van der Waals surface area contributed by atoms with E-state index in [9.17, 15) is 13.2 Å². The molecule has 2 rings (SSSR count). The van der Waals surface area contributed by atoms with Crippen LogP contribution in [-0.4, -0.2) is 36.4 Å². The summed E-state index contributed by atoms with van der Waals surface area (Å²) in [5.41, 5.74) is 3.50. The number of nitrogens with one attached hydrogen (secondary N) is 1. The van der Waals surface area contributed by atoms with Crippen LogP contribution in [0, 0.1) is 6.92 Å². The molecule has 0 spiro atoms.